The molecule has 33 heavy (non-hydrogen) atoms. The lowest BCUT2D eigenvalue weighted by Crippen LogP contribution is -2.59. The lowest BCUT2D eigenvalue weighted by molar-refractivity contribution is -0.302. The summed E-state index contributed by atoms with van der Waals surface area (Å²) >= 11 is 0. The molecular formula is C22H26O11. The highest BCUT2D eigenvalue weighted by atomic mass is 16.7. The van der Waals surface area contributed by atoms with Crippen molar-refractivity contribution in [1.29, 1.82) is 0 Å². The first-order valence-electron chi connectivity index (χ1n) is 10.3. The molecule has 11 nitrogen and oxygen atoms in total. The highest BCUT2D eigenvalue weighted by Crippen LogP contribution is 2.25. The van der Waals surface area contributed by atoms with E-state index in [1.54, 1.807) is 0 Å². The second kappa shape index (κ2) is 10.2. The number of carbonyl (C=O) groups is 3. The van der Waals surface area contributed by atoms with Gasteiger partial charge >= 0.3 is 5.97 Å². The van der Waals surface area contributed by atoms with Crippen molar-refractivity contribution in [3.63, 3.8) is 0 Å². The molecule has 0 spiro atoms. The zero-order valence-corrected chi connectivity index (χ0v) is 17.5. The van der Waals surface area contributed by atoms with Crippen LogP contribution in [0, 0.1) is 0 Å². The maximum atomic E-state index is 12.1. The van der Waals surface area contributed by atoms with E-state index in [4.69, 9.17) is 14.2 Å². The van der Waals surface area contributed by atoms with Crippen LogP contribution >= 0.6 is 0 Å². The lowest BCUT2D eigenvalue weighted by atomic mass is 9.94. The molecule has 0 unspecified atom stereocenters. The van der Waals surface area contributed by atoms with Gasteiger partial charge < -0.3 is 39.7 Å². The predicted molar refractivity (Wildman–Crippen MR) is 109 cm³/mol. The van der Waals surface area contributed by atoms with Crippen molar-refractivity contribution in [3.05, 3.63) is 48.6 Å². The summed E-state index contributed by atoms with van der Waals surface area (Å²) in [5.74, 6) is -1.46. The van der Waals surface area contributed by atoms with Gasteiger partial charge in [0.1, 0.15) is 42.2 Å². The smallest absolute Gasteiger partial charge is 0.309 e. The molecule has 0 saturated carbocycles. The molecular weight excluding hydrogens is 440 g/mol. The van der Waals surface area contributed by atoms with Crippen LogP contribution in [-0.4, -0.2) is 98.2 Å². The number of ether oxygens (including phenoxy) is 3. The molecule has 1 aliphatic heterocycles. The first-order valence-corrected chi connectivity index (χ1v) is 10.3. The van der Waals surface area contributed by atoms with Gasteiger partial charge in [-0.05, 0) is 48.6 Å². The summed E-state index contributed by atoms with van der Waals surface area (Å²) < 4.78 is 15.9. The van der Waals surface area contributed by atoms with E-state index >= 15 is 0 Å². The Balaban J connectivity index is 1.51. The fraction of sp³-hybridized carbons (Fsp3) is 0.500. The highest BCUT2D eigenvalue weighted by Gasteiger charge is 2.45. The van der Waals surface area contributed by atoms with E-state index in [0.717, 1.165) is 24.3 Å². The quantitative estimate of drug-likeness (QED) is 0.249. The predicted octanol–water partition coefficient (Wildman–Crippen LogP) is -2.01. The minimum absolute atomic E-state index is 0.0142. The molecule has 1 saturated heterocycles. The van der Waals surface area contributed by atoms with Crippen LogP contribution in [0.2, 0.25) is 0 Å². The third-order valence-corrected chi connectivity index (χ3v) is 5.43. The Hall–Kier alpha value is -2.51. The molecule has 3 aliphatic rings. The number of rotatable bonds is 8. The second-order valence-electron chi connectivity index (χ2n) is 8.12. The van der Waals surface area contributed by atoms with Crippen molar-refractivity contribution in [2.24, 2.45) is 0 Å². The fourth-order valence-electron chi connectivity index (χ4n) is 3.40. The van der Waals surface area contributed by atoms with Gasteiger partial charge in [0.15, 0.2) is 17.9 Å². The molecule has 5 atom stereocenters. The van der Waals surface area contributed by atoms with Gasteiger partial charge in [-0.1, -0.05) is 0 Å². The summed E-state index contributed by atoms with van der Waals surface area (Å²) in [7, 11) is 0. The number of allylic oxidation sites excluding steroid dienone is 4. The van der Waals surface area contributed by atoms with Crippen molar-refractivity contribution >= 4 is 17.5 Å². The standard InChI is InChI=1S/C22H26O11/c23-13-1-5-21(29,6-2-13)9-10-31-20-19(28)18(27)17(26)15(33-20)12-32-16(25)11-22(30)7-3-14(24)4-8-22/h1-8,15,17-20,26-30H,9-12H2/t15-,17+,18+,19-,20-/m1/s1. The number of esters is 1. The first kappa shape index (κ1) is 25.1. The molecule has 11 heteroatoms. The van der Waals surface area contributed by atoms with Crippen LogP contribution in [0.25, 0.3) is 0 Å². The molecule has 0 amide bonds. The maximum absolute atomic E-state index is 12.1. The van der Waals surface area contributed by atoms with E-state index in [2.05, 4.69) is 0 Å². The topological polar surface area (TPSA) is 180 Å². The Morgan fingerprint density at radius 1 is 0.879 bits per heavy atom. The van der Waals surface area contributed by atoms with E-state index in [0.29, 0.717) is 0 Å². The zero-order valence-electron chi connectivity index (χ0n) is 17.5. The number of carbonyl (C=O) groups excluding carboxylic acids is 3. The molecule has 0 aromatic heterocycles. The van der Waals surface area contributed by atoms with Crippen molar-refractivity contribution in [3.8, 4) is 0 Å². The summed E-state index contributed by atoms with van der Waals surface area (Å²) in [6, 6.07) is 0. The van der Waals surface area contributed by atoms with E-state index in [9.17, 15) is 39.9 Å². The average molecular weight is 466 g/mol. The van der Waals surface area contributed by atoms with Gasteiger partial charge in [0.25, 0.3) is 0 Å². The Morgan fingerprint density at radius 2 is 1.42 bits per heavy atom. The number of aliphatic hydroxyl groups is 5. The van der Waals surface area contributed by atoms with Crippen LogP contribution in [0.3, 0.4) is 0 Å². The number of hydrogen-bond acceptors (Lipinski definition) is 11. The molecule has 5 N–H and O–H groups in total. The summed E-state index contributed by atoms with van der Waals surface area (Å²) in [4.78, 5) is 34.4. The number of aliphatic hydroxyl groups excluding tert-OH is 3. The van der Waals surface area contributed by atoms with Crippen molar-refractivity contribution in [2.45, 2.75) is 54.7 Å². The van der Waals surface area contributed by atoms with E-state index < -0.39 is 60.9 Å². The monoisotopic (exact) mass is 466 g/mol. The third kappa shape index (κ3) is 6.51. The number of hydrogen-bond donors (Lipinski definition) is 5. The molecule has 1 heterocycles. The fourth-order valence-corrected chi connectivity index (χ4v) is 3.40. The third-order valence-electron chi connectivity index (χ3n) is 5.43. The molecule has 1 fully saturated rings. The van der Waals surface area contributed by atoms with Gasteiger partial charge in [-0.15, -0.1) is 0 Å². The van der Waals surface area contributed by atoms with E-state index in [1.807, 2.05) is 0 Å². The van der Waals surface area contributed by atoms with Crippen molar-refractivity contribution in [1.82, 2.24) is 0 Å². The molecule has 0 aromatic rings. The Labute approximate surface area is 188 Å². The zero-order chi connectivity index (χ0) is 24.2. The summed E-state index contributed by atoms with van der Waals surface area (Å²) in [6.45, 7) is -0.648. The van der Waals surface area contributed by atoms with Gasteiger partial charge in [0, 0.05) is 6.42 Å². The Kier molecular flexibility index (Phi) is 7.75. The Morgan fingerprint density at radius 3 is 2.00 bits per heavy atom. The van der Waals surface area contributed by atoms with Gasteiger partial charge in [-0.3, -0.25) is 14.4 Å². The van der Waals surface area contributed by atoms with Crippen molar-refractivity contribution in [2.75, 3.05) is 13.2 Å². The largest absolute Gasteiger partial charge is 0.463 e. The van der Waals surface area contributed by atoms with Crippen LogP contribution in [0.5, 0.6) is 0 Å². The second-order valence-corrected chi connectivity index (χ2v) is 8.12. The van der Waals surface area contributed by atoms with Gasteiger partial charge in [-0.2, -0.15) is 0 Å². The van der Waals surface area contributed by atoms with Crippen molar-refractivity contribution < 1.29 is 54.1 Å². The minimum atomic E-state index is -1.69. The molecule has 180 valence electrons. The van der Waals surface area contributed by atoms with Crippen LogP contribution < -0.4 is 0 Å². The van der Waals surface area contributed by atoms with Crippen LogP contribution in [0.15, 0.2) is 48.6 Å². The molecule has 0 aromatic carbocycles. The molecule has 2 aliphatic carbocycles. The summed E-state index contributed by atoms with van der Waals surface area (Å²) in [5.41, 5.74) is -3.11. The van der Waals surface area contributed by atoms with E-state index in [1.165, 1.54) is 24.3 Å². The molecule has 0 radical (unpaired) electrons. The number of ketones is 2. The van der Waals surface area contributed by atoms with Gasteiger partial charge in [0.2, 0.25) is 0 Å². The molecule has 3 rings (SSSR count). The Bertz CT molecular complexity index is 855. The van der Waals surface area contributed by atoms with Crippen LogP contribution in [0.1, 0.15) is 12.8 Å². The summed E-state index contributed by atoms with van der Waals surface area (Å²) in [5, 5.41) is 51.0. The van der Waals surface area contributed by atoms with Crippen LogP contribution in [-0.2, 0) is 28.6 Å². The minimum Gasteiger partial charge on any atom is -0.463 e. The SMILES string of the molecule is O=C1C=CC(O)(CCO[C@@H]2O[C@H](COC(=O)CC3(O)C=CC(=O)C=C3)[C@H](O)[C@H](O)[C@H]2O)C=C1. The van der Waals surface area contributed by atoms with Gasteiger partial charge in [0.05, 0.1) is 13.0 Å². The first-order chi connectivity index (χ1) is 15.5. The maximum Gasteiger partial charge on any atom is 0.309 e. The summed E-state index contributed by atoms with van der Waals surface area (Å²) in [6.07, 6.45) is 1.59. The van der Waals surface area contributed by atoms with Gasteiger partial charge in [-0.25, -0.2) is 0 Å². The molecule has 0 bridgehead atoms. The normalized spacial score (nSPS) is 32.2. The average Bonchev–Trinajstić information content (AvgIpc) is 2.77. The highest BCUT2D eigenvalue weighted by molar-refractivity contribution is 6.01. The van der Waals surface area contributed by atoms with Crippen LogP contribution in [0.4, 0.5) is 0 Å². The van der Waals surface area contributed by atoms with E-state index in [-0.39, 0.29) is 24.6 Å². The lowest BCUT2D eigenvalue weighted by Gasteiger charge is -2.40.